The summed E-state index contributed by atoms with van der Waals surface area (Å²) in [5, 5.41) is 27.9. The number of carbonyl (C=O) groups excluding carboxylic acids is 5. The van der Waals surface area contributed by atoms with Gasteiger partial charge in [0, 0.05) is 65.1 Å². The van der Waals surface area contributed by atoms with Crippen LogP contribution in [0.3, 0.4) is 0 Å². The van der Waals surface area contributed by atoms with Crippen molar-refractivity contribution < 1.29 is 71.5 Å². The highest BCUT2D eigenvalue weighted by molar-refractivity contribution is 9.10. The van der Waals surface area contributed by atoms with Crippen molar-refractivity contribution in [1.82, 2.24) is 14.7 Å². The number of carbonyl (C=O) groups is 7. The van der Waals surface area contributed by atoms with Crippen molar-refractivity contribution in [3.63, 3.8) is 0 Å². The topological polar surface area (TPSA) is 212 Å². The van der Waals surface area contributed by atoms with E-state index in [0.29, 0.717) is 47.9 Å². The number of hydrogen-bond acceptors (Lipinski definition) is 14. The predicted molar refractivity (Wildman–Crippen MR) is 632 cm³/mol. The Bertz CT molecular complexity index is 4540. The Morgan fingerprint density at radius 1 is 0.340 bits per heavy atom. The lowest BCUT2D eigenvalue weighted by Crippen LogP contribution is -2.54. The molecular weight excluding hydrogens is 2010 g/mol. The molecule has 3 N–H and O–H groups in total. The van der Waals surface area contributed by atoms with Gasteiger partial charge in [-0.25, -0.2) is 22.8 Å². The second-order valence-electron chi connectivity index (χ2n) is 40.5. The molecule has 844 valence electrons. The number of hydrogen-bond donors (Lipinski definition) is 3. The van der Waals surface area contributed by atoms with E-state index >= 15 is 0 Å². The molecule has 0 radical (unpaired) electrons. The molecule has 0 aliphatic carbocycles. The molecule has 7 aromatic rings. The minimum absolute atomic E-state index is 0. The molecule has 16 nitrogen and oxygen atoms in total. The van der Waals surface area contributed by atoms with E-state index in [9.17, 15) is 56.9 Å². The Hall–Kier alpha value is -7.86. The summed E-state index contributed by atoms with van der Waals surface area (Å²) < 4.78 is 49.6. The van der Waals surface area contributed by atoms with E-state index in [-0.39, 0.29) is 83.2 Å². The van der Waals surface area contributed by atoms with E-state index in [1.807, 2.05) is 71.3 Å². The number of carboxylic acids is 2. The summed E-state index contributed by atoms with van der Waals surface area (Å²) in [5.74, 6) is -2.92. The van der Waals surface area contributed by atoms with Gasteiger partial charge in [-0.1, -0.05) is 408 Å². The quantitative estimate of drug-likeness (QED) is 0.0184. The number of rotatable bonds is 69. The van der Waals surface area contributed by atoms with Gasteiger partial charge in [0.05, 0.1) is 46.3 Å². The van der Waals surface area contributed by atoms with Crippen molar-refractivity contribution in [2.45, 2.75) is 432 Å². The molecule has 0 aromatic heterocycles. The molecule has 0 saturated carbocycles. The molecule has 2 saturated heterocycles. The number of aliphatic hydroxyl groups excluding tert-OH is 1. The number of carboxylic acid groups (broad SMARTS) is 2. The van der Waals surface area contributed by atoms with Gasteiger partial charge < -0.3 is 29.7 Å². The van der Waals surface area contributed by atoms with Gasteiger partial charge >= 0.3 is 11.9 Å². The molecule has 2 fully saturated rings. The maximum Gasteiger partial charge on any atom is 0.335 e. The Morgan fingerprint density at radius 3 is 0.887 bits per heavy atom. The lowest BCUT2D eigenvalue weighted by Gasteiger charge is -2.41. The number of Topliss-reactive ketones (excluding diaryl/α,β-unsaturated/α-hetero) is 5. The molecule has 2 aliphatic rings. The maximum absolute atomic E-state index is 14.3. The second kappa shape index (κ2) is 88.3. The van der Waals surface area contributed by atoms with Gasteiger partial charge in [0.15, 0.2) is 28.9 Å². The normalized spacial score (nSPS) is 13.3. The maximum atomic E-state index is 14.3. The van der Waals surface area contributed by atoms with Gasteiger partial charge in [0.25, 0.3) is 0 Å². The second-order valence-corrected chi connectivity index (χ2v) is 42.1. The Kier molecular flexibility index (Phi) is 82.5. The largest absolute Gasteiger partial charge is 0.478 e. The summed E-state index contributed by atoms with van der Waals surface area (Å²) in [6.07, 6.45) is 63.7. The first kappa shape index (κ1) is 140. The zero-order valence-electron chi connectivity index (χ0n) is 93.4. The van der Waals surface area contributed by atoms with Crippen molar-refractivity contribution in [3.05, 3.63) is 243 Å². The number of aromatic carboxylic acids is 2. The van der Waals surface area contributed by atoms with Crippen LogP contribution < -0.4 is 4.90 Å². The Labute approximate surface area is 925 Å². The SMILES string of the molecule is C.C.C1CCOCC1.CCC(Br)C(=O)c1ccc(F)cc1.CCCCCCCCCCCCCC.CCCCCCCCCCCCN(C)C(CC)(Cc1ccc(C(=O)O)cc1)C(=O)c1ccc(F)cc1.CCCCCCCCCCCCN(C)C(CC)(Cc1ccc(C(=O)O)cc1)C(=O)c1ccc(N2CCOCC2)cc1.CCCCCCCCCCCCN(C)C(CC)C(=O)c1ccc(F)cc1.O=C(CO)c1ccc(CBr)cc1. The highest BCUT2D eigenvalue weighted by Crippen LogP contribution is 2.34. The third-order valence-electron chi connectivity index (χ3n) is 28.8. The summed E-state index contributed by atoms with van der Waals surface area (Å²) in [5.41, 5.74) is 6.05. The van der Waals surface area contributed by atoms with Crippen LogP contribution in [-0.4, -0.2) is 180 Å². The number of morpholine rings is 1. The third-order valence-corrected chi connectivity index (χ3v) is 30.5. The van der Waals surface area contributed by atoms with Crippen LogP contribution in [0.5, 0.6) is 0 Å². The predicted octanol–water partition coefficient (Wildman–Crippen LogP) is 35.3. The monoisotopic (exact) mass is 2210 g/mol. The molecule has 0 spiro atoms. The Balaban J connectivity index is 0.000000936. The molecule has 150 heavy (non-hydrogen) atoms. The number of halogens is 5. The molecular formula is C129H201Br2F3N4O12. The molecule has 4 atom stereocenters. The number of aliphatic hydroxyl groups is 1. The molecule has 2 aliphatic heterocycles. The van der Waals surface area contributed by atoms with Gasteiger partial charge in [-0.15, -0.1) is 0 Å². The zero-order chi connectivity index (χ0) is 109. The van der Waals surface area contributed by atoms with Gasteiger partial charge in [0.2, 0.25) is 0 Å². The van der Waals surface area contributed by atoms with E-state index in [1.54, 1.807) is 72.8 Å². The number of alkyl halides is 2. The summed E-state index contributed by atoms with van der Waals surface area (Å²) in [6, 6.07) is 46.1. The smallest absolute Gasteiger partial charge is 0.335 e. The lowest BCUT2D eigenvalue weighted by molar-refractivity contribution is 0.0590. The lowest BCUT2D eigenvalue weighted by atomic mass is 9.79. The van der Waals surface area contributed by atoms with Gasteiger partial charge in [-0.05, 0) is 256 Å². The highest BCUT2D eigenvalue weighted by atomic mass is 79.9. The minimum Gasteiger partial charge on any atom is -0.478 e. The average Bonchev–Trinajstić information content (AvgIpc) is 0.786. The van der Waals surface area contributed by atoms with E-state index in [0.717, 1.165) is 131 Å². The molecule has 4 unspecified atom stereocenters. The number of nitrogens with zero attached hydrogens (tertiary/aromatic N) is 4. The molecule has 2 heterocycles. The van der Waals surface area contributed by atoms with Crippen LogP contribution in [0.4, 0.5) is 18.9 Å². The minimum atomic E-state index is -0.969. The van der Waals surface area contributed by atoms with Crippen molar-refractivity contribution in [2.24, 2.45) is 0 Å². The number of likely N-dealkylation sites (N-methyl/N-ethyl adjacent to an activating group) is 3. The fraction of sp³-hybridized carbons (Fsp3) is 0.620. The van der Waals surface area contributed by atoms with E-state index in [4.69, 9.17) is 14.6 Å². The average molecular weight is 2220 g/mol. The van der Waals surface area contributed by atoms with Crippen LogP contribution in [0.25, 0.3) is 0 Å². The van der Waals surface area contributed by atoms with Crippen molar-refractivity contribution >= 4 is 78.4 Å². The van der Waals surface area contributed by atoms with Crippen molar-refractivity contribution in [1.29, 1.82) is 0 Å². The van der Waals surface area contributed by atoms with Crippen LogP contribution in [0.2, 0.25) is 0 Å². The van der Waals surface area contributed by atoms with Crippen LogP contribution in [0, 0.1) is 17.5 Å². The van der Waals surface area contributed by atoms with Gasteiger partial charge in [-0.3, -0.25) is 38.7 Å². The standard InChI is InChI=1S/C35H52N2O4.C31H44FNO3.C23H38FNO.C14H30.C10H10BrFO.C9H9BrO2.C5H10O.2CH4/c1-4-6-7-8-9-10-11-12-13-14-23-36(3)35(5-2,28-29-15-17-31(18-16-29)34(39)40)33(38)30-19-21-32(22-20-30)37-24-26-41-27-25-37;1-4-6-7-8-9-10-11-12-13-14-23-33(3)31(5-2,29(34)26-19-21-28(32)22-20-26)24-25-15-17-27(18-16-25)30(35)36;1-4-6-7-8-9-10-11-12-13-14-19-25(3)22(5-2)23(26)20-15-17-21(24)18-16-20;1-3-5-7-9-11-13-14-12-10-8-6-4-2;1-2-9(11)10(13)7-3-5-8(12)6-4-7;10-5-7-1-3-8(4-2-7)9(12)6-11;1-2-4-6-5-3-1;;/h15-22H,4-14,23-28H2,1-3H3,(H,39,40);15-22H,4-14,23-24H2,1-3H3,(H,35,36);15-18,22H,4-14,19H2,1-3H3;3-14H2,1-2H3;3-6,9H,2H2,1H3;1-4,11H,5-6H2;1-5H2;2*1H4. The fourth-order valence-electron chi connectivity index (χ4n) is 18.9. The van der Waals surface area contributed by atoms with Crippen molar-refractivity contribution in [3.8, 4) is 0 Å². The molecule has 7 aromatic carbocycles. The summed E-state index contributed by atoms with van der Waals surface area (Å²) >= 11 is 6.56. The first-order chi connectivity index (χ1) is 71.7. The number of benzene rings is 7. The number of ketones is 5. The number of ether oxygens (including phenoxy) is 2. The fourth-order valence-corrected chi connectivity index (χ4v) is 19.6. The first-order valence-corrected chi connectivity index (χ1v) is 59.4. The molecule has 9 rings (SSSR count). The number of unbranched alkanes of at least 4 members (excludes halogenated alkanes) is 38. The third kappa shape index (κ3) is 58.6. The zero-order valence-corrected chi connectivity index (χ0v) is 96.5. The molecule has 21 heteroatoms. The summed E-state index contributed by atoms with van der Waals surface area (Å²) in [7, 11) is 6.12. The van der Waals surface area contributed by atoms with Crippen molar-refractivity contribution in [2.75, 3.05) is 91.8 Å². The molecule has 0 amide bonds. The van der Waals surface area contributed by atoms with Crippen LogP contribution in [-0.2, 0) is 27.6 Å². The van der Waals surface area contributed by atoms with Gasteiger partial charge in [0.1, 0.15) is 24.1 Å². The van der Waals surface area contributed by atoms with Crippen LogP contribution in [0.15, 0.2) is 170 Å². The van der Waals surface area contributed by atoms with E-state index in [2.05, 4.69) is 112 Å². The van der Waals surface area contributed by atoms with E-state index in [1.165, 1.54) is 312 Å². The van der Waals surface area contributed by atoms with E-state index < -0.39 is 29.6 Å². The first-order valence-electron chi connectivity index (χ1n) is 57.3. The summed E-state index contributed by atoms with van der Waals surface area (Å²) in [4.78, 5) is 94.7. The highest BCUT2D eigenvalue weighted by Gasteiger charge is 2.43. The van der Waals surface area contributed by atoms with Gasteiger partial charge in [-0.2, -0.15) is 0 Å². The number of anilines is 1. The van der Waals surface area contributed by atoms with Crippen LogP contribution >= 0.6 is 31.9 Å². The Morgan fingerprint density at radius 2 is 0.613 bits per heavy atom. The molecule has 0 bridgehead atoms. The van der Waals surface area contributed by atoms with Crippen LogP contribution in [0.1, 0.15) is 481 Å². The summed E-state index contributed by atoms with van der Waals surface area (Å²) in [6.45, 7) is 26.8.